The van der Waals surface area contributed by atoms with Crippen LogP contribution in [0.25, 0.3) is 10.9 Å². The molecule has 2 aromatic carbocycles. The van der Waals surface area contributed by atoms with Crippen molar-refractivity contribution in [3.63, 3.8) is 0 Å². The van der Waals surface area contributed by atoms with E-state index in [9.17, 15) is 13.2 Å². The van der Waals surface area contributed by atoms with Crippen LogP contribution in [0.2, 0.25) is 0 Å². The monoisotopic (exact) mass is 443 g/mol. The Hall–Kier alpha value is -0.656. The molecule has 0 aliphatic rings. The first-order valence-electron chi connectivity index (χ1n) is 7.47. The zero-order valence-electron chi connectivity index (χ0n) is 15.8. The number of para-hydroxylation sites is 1. The van der Waals surface area contributed by atoms with Crippen LogP contribution in [0, 0.1) is 13.0 Å². The summed E-state index contributed by atoms with van der Waals surface area (Å²) in [6, 6.07) is 16.1. The molecule has 0 radical (unpaired) electrons. The van der Waals surface area contributed by atoms with Crippen molar-refractivity contribution < 1.29 is 61.6 Å². The molecule has 0 fully saturated rings. The van der Waals surface area contributed by atoms with E-state index >= 15 is 0 Å². The van der Waals surface area contributed by atoms with Gasteiger partial charge in [-0.05, 0) is 31.5 Å². The summed E-state index contributed by atoms with van der Waals surface area (Å²) >= 11 is 0. The molecule has 3 rings (SSSR count). The summed E-state index contributed by atoms with van der Waals surface area (Å²) in [6.07, 6.45) is 0. The molecule has 0 unspecified atom stereocenters. The maximum atomic E-state index is 13.1. The SMILES string of the molecule is CCOC(=O)c1[c-]c2ccccc2n1S(=O)(=O)c1ccc(C)cc1.[Cl-].[Cl-].[Li+].[Mg+2]. The Kier molecular flexibility index (Phi) is 12.8. The van der Waals surface area contributed by atoms with Crippen molar-refractivity contribution in [1.29, 1.82) is 0 Å². The summed E-state index contributed by atoms with van der Waals surface area (Å²) in [5.74, 6) is -0.718. The molecule has 10 heteroatoms. The van der Waals surface area contributed by atoms with Gasteiger partial charge in [-0.15, -0.1) is 23.6 Å². The van der Waals surface area contributed by atoms with Gasteiger partial charge in [0.15, 0.2) is 0 Å². The topological polar surface area (TPSA) is 65.4 Å². The van der Waals surface area contributed by atoms with Crippen LogP contribution in [-0.4, -0.2) is 48.0 Å². The first-order chi connectivity index (χ1) is 11.4. The van der Waals surface area contributed by atoms with Crippen molar-refractivity contribution in [3.8, 4) is 0 Å². The van der Waals surface area contributed by atoms with Crippen LogP contribution in [0.15, 0.2) is 53.4 Å². The molecule has 0 saturated carbocycles. The number of aromatic nitrogens is 1. The Morgan fingerprint density at radius 3 is 2.21 bits per heavy atom. The normalized spacial score (nSPS) is 9.93. The number of fused-ring (bicyclic) bond motifs is 1. The number of rotatable bonds is 4. The second kappa shape index (κ2) is 12.1. The number of carbonyl (C=O) groups is 1. The number of benzene rings is 2. The van der Waals surface area contributed by atoms with Crippen molar-refractivity contribution in [2.45, 2.75) is 18.7 Å². The maximum Gasteiger partial charge on any atom is 2.00 e. The van der Waals surface area contributed by atoms with E-state index in [0.717, 1.165) is 9.54 Å². The van der Waals surface area contributed by atoms with E-state index in [2.05, 4.69) is 6.07 Å². The van der Waals surface area contributed by atoms with E-state index in [-0.39, 0.29) is 83.9 Å². The molecule has 5 nitrogen and oxygen atoms in total. The van der Waals surface area contributed by atoms with Gasteiger partial charge in [-0.3, -0.25) is 3.97 Å². The van der Waals surface area contributed by atoms with Crippen LogP contribution in [-0.2, 0) is 14.8 Å². The molecule has 0 atom stereocenters. The predicted octanol–water partition coefficient (Wildman–Crippen LogP) is -6.21. The van der Waals surface area contributed by atoms with Crippen LogP contribution in [0.3, 0.4) is 0 Å². The Balaban J connectivity index is 0. The first kappa shape index (κ1) is 29.5. The fourth-order valence-corrected chi connectivity index (χ4v) is 3.92. The van der Waals surface area contributed by atoms with Crippen molar-refractivity contribution in [2.75, 3.05) is 6.61 Å². The molecule has 0 spiro atoms. The van der Waals surface area contributed by atoms with E-state index < -0.39 is 16.0 Å². The molecule has 3 aromatic rings. The fraction of sp³-hybridized carbons (Fsp3) is 0.167. The van der Waals surface area contributed by atoms with Gasteiger partial charge in [0.05, 0.1) is 11.5 Å². The van der Waals surface area contributed by atoms with Gasteiger partial charge in [0.1, 0.15) is 0 Å². The molecule has 0 amide bonds. The van der Waals surface area contributed by atoms with Gasteiger partial charge in [-0.2, -0.15) is 0 Å². The minimum atomic E-state index is -3.95. The summed E-state index contributed by atoms with van der Waals surface area (Å²) in [5, 5.41) is 0.538. The van der Waals surface area contributed by atoms with Crippen LogP contribution >= 0.6 is 0 Å². The van der Waals surface area contributed by atoms with Gasteiger partial charge in [-0.25, -0.2) is 8.42 Å². The molecule has 28 heavy (non-hydrogen) atoms. The predicted molar refractivity (Wildman–Crippen MR) is 96.2 cm³/mol. The average molecular weight is 445 g/mol. The van der Waals surface area contributed by atoms with Crippen molar-refractivity contribution >= 4 is 49.9 Å². The molecule has 0 saturated heterocycles. The standard InChI is InChI=1S/C18H16NO4S.2ClH.Li.Mg/c1-3-23-18(20)17-12-14-6-4-5-7-16(14)19(17)24(21,22)15-10-8-13(2)9-11-15;;;;/h4-11H,3H2,1-2H3;2*1H;;/q-1;;;+1;+2/p-2. The molecule has 1 heterocycles. The number of halogens is 2. The smallest absolute Gasteiger partial charge is 1.00 e. The second-order valence-electron chi connectivity index (χ2n) is 5.29. The van der Waals surface area contributed by atoms with E-state index in [1.54, 1.807) is 43.3 Å². The van der Waals surface area contributed by atoms with Gasteiger partial charge in [-0.1, -0.05) is 29.8 Å². The van der Waals surface area contributed by atoms with Crippen LogP contribution in [0.5, 0.6) is 0 Å². The third kappa shape index (κ3) is 5.70. The minimum Gasteiger partial charge on any atom is -1.00 e. The zero-order valence-corrected chi connectivity index (χ0v) is 19.5. The number of carbonyl (C=O) groups excluding carboxylic acids is 1. The summed E-state index contributed by atoms with van der Waals surface area (Å²) in [7, 11) is -3.95. The van der Waals surface area contributed by atoms with Crippen LogP contribution in [0.4, 0.5) is 0 Å². The molecular formula is C18H16Cl2LiMgNO4S. The van der Waals surface area contributed by atoms with Gasteiger partial charge in [0, 0.05) is 5.69 Å². The molecular weight excluding hydrogens is 428 g/mol. The van der Waals surface area contributed by atoms with Crippen molar-refractivity contribution in [3.05, 3.63) is 65.9 Å². The third-order valence-corrected chi connectivity index (χ3v) is 5.33. The molecule has 0 bridgehead atoms. The molecule has 0 aliphatic heterocycles. The molecule has 1 aromatic heterocycles. The fourth-order valence-electron chi connectivity index (χ4n) is 2.45. The Morgan fingerprint density at radius 1 is 1.07 bits per heavy atom. The van der Waals surface area contributed by atoms with Crippen LogP contribution in [0.1, 0.15) is 23.0 Å². The minimum absolute atomic E-state index is 0. The Morgan fingerprint density at radius 2 is 1.64 bits per heavy atom. The number of nitrogens with zero attached hydrogens (tertiary/aromatic N) is 1. The van der Waals surface area contributed by atoms with Crippen LogP contribution < -0.4 is 43.7 Å². The maximum absolute atomic E-state index is 13.1. The Bertz CT molecular complexity index is 1020. The second-order valence-corrected chi connectivity index (χ2v) is 7.08. The average Bonchev–Trinajstić information content (AvgIpc) is 2.96. The number of hydrogen-bond donors (Lipinski definition) is 0. The first-order valence-corrected chi connectivity index (χ1v) is 8.91. The van der Waals surface area contributed by atoms with Gasteiger partial charge >= 0.3 is 41.9 Å². The van der Waals surface area contributed by atoms with Gasteiger partial charge in [0.2, 0.25) is 0 Å². The van der Waals surface area contributed by atoms with E-state index in [0.29, 0.717) is 10.9 Å². The summed E-state index contributed by atoms with van der Waals surface area (Å²) in [5.41, 5.74) is 1.21. The van der Waals surface area contributed by atoms with E-state index in [1.807, 2.05) is 6.92 Å². The third-order valence-electron chi connectivity index (χ3n) is 3.61. The molecule has 0 aliphatic carbocycles. The van der Waals surface area contributed by atoms with Gasteiger partial charge < -0.3 is 34.3 Å². The summed E-state index contributed by atoms with van der Waals surface area (Å²) < 4.78 is 32.2. The number of esters is 1. The Labute approximate surface area is 205 Å². The quantitative estimate of drug-likeness (QED) is 0.228. The van der Waals surface area contributed by atoms with E-state index in [1.165, 1.54) is 12.1 Å². The number of ether oxygens (including phenoxy) is 1. The largest absolute Gasteiger partial charge is 2.00 e. The summed E-state index contributed by atoms with van der Waals surface area (Å²) in [6.45, 7) is 3.69. The van der Waals surface area contributed by atoms with Gasteiger partial charge in [0.25, 0.3) is 16.0 Å². The van der Waals surface area contributed by atoms with Crippen molar-refractivity contribution in [1.82, 2.24) is 3.97 Å². The number of aryl methyl sites for hydroxylation is 1. The van der Waals surface area contributed by atoms with E-state index in [4.69, 9.17) is 4.74 Å². The molecule has 140 valence electrons. The summed E-state index contributed by atoms with van der Waals surface area (Å²) in [4.78, 5) is 12.3. The van der Waals surface area contributed by atoms with Crippen molar-refractivity contribution in [2.24, 2.45) is 0 Å². The number of hydrogen-bond acceptors (Lipinski definition) is 4. The molecule has 0 N–H and O–H groups in total. The zero-order chi connectivity index (χ0) is 17.3.